The van der Waals surface area contributed by atoms with Crippen molar-refractivity contribution in [1.82, 2.24) is 24.8 Å². The molecule has 4 aromatic rings. The van der Waals surface area contributed by atoms with E-state index in [0.29, 0.717) is 21.7 Å². The minimum Gasteiger partial charge on any atom is -0.352 e. The molecule has 0 amide bonds. The molecule has 0 saturated carbocycles. The van der Waals surface area contributed by atoms with Crippen LogP contribution in [0.25, 0.3) is 5.69 Å². The molecule has 2 atom stereocenters. The van der Waals surface area contributed by atoms with Crippen molar-refractivity contribution >= 4 is 40.5 Å². The maximum absolute atomic E-state index is 6.61. The van der Waals surface area contributed by atoms with Crippen LogP contribution in [-0.2, 0) is 6.54 Å². The molecule has 0 unspecified atom stereocenters. The monoisotopic (exact) mass is 507 g/mol. The Balaban J connectivity index is 1.64. The van der Waals surface area contributed by atoms with Gasteiger partial charge in [-0.1, -0.05) is 41.4 Å². The quantitative estimate of drug-likeness (QED) is 0.318. The van der Waals surface area contributed by atoms with Crippen LogP contribution < -0.4 is 5.32 Å². The highest BCUT2D eigenvalue weighted by molar-refractivity contribution is 7.80. The number of rotatable bonds is 5. The maximum atomic E-state index is 6.61. The normalized spacial score (nSPS) is 17.8. The molecule has 0 radical (unpaired) electrons. The molecule has 1 aliphatic heterocycles. The lowest BCUT2D eigenvalue weighted by atomic mass is 9.96. The van der Waals surface area contributed by atoms with Crippen LogP contribution >= 0.6 is 35.4 Å². The number of thiocarbonyl (C=S) groups is 1. The predicted octanol–water partition coefficient (Wildman–Crippen LogP) is 6.36. The van der Waals surface area contributed by atoms with E-state index < -0.39 is 0 Å². The van der Waals surface area contributed by atoms with Gasteiger partial charge >= 0.3 is 0 Å². The van der Waals surface area contributed by atoms with Crippen molar-refractivity contribution in [3.8, 4) is 5.69 Å². The lowest BCUT2D eigenvalue weighted by Gasteiger charge is -2.28. The number of halogens is 2. The summed E-state index contributed by atoms with van der Waals surface area (Å²) in [5, 5.41) is 5.28. The van der Waals surface area contributed by atoms with Crippen LogP contribution in [0, 0.1) is 13.8 Å². The van der Waals surface area contributed by atoms with E-state index in [2.05, 4.69) is 50.7 Å². The van der Waals surface area contributed by atoms with Gasteiger partial charge in [0, 0.05) is 36.5 Å². The summed E-state index contributed by atoms with van der Waals surface area (Å²) in [6.07, 6.45) is 5.47. The lowest BCUT2D eigenvalue weighted by Crippen LogP contribution is -2.29. The molecule has 5 rings (SSSR count). The SMILES string of the molecule is Cc1cc([C@H]2[C@H](c3ccccn3)NC(=S)N2Cc2cccnc2)c(C)n1-c1cccc(Cl)c1Cl. The maximum Gasteiger partial charge on any atom is 0.170 e. The lowest BCUT2D eigenvalue weighted by molar-refractivity contribution is 0.310. The van der Waals surface area contributed by atoms with Crippen LogP contribution in [0.2, 0.25) is 10.0 Å². The van der Waals surface area contributed by atoms with Crippen molar-refractivity contribution in [1.29, 1.82) is 0 Å². The van der Waals surface area contributed by atoms with Crippen molar-refractivity contribution in [2.75, 3.05) is 0 Å². The van der Waals surface area contributed by atoms with E-state index in [-0.39, 0.29) is 12.1 Å². The average molecular weight is 508 g/mol. The molecule has 4 heterocycles. The summed E-state index contributed by atoms with van der Waals surface area (Å²) in [7, 11) is 0. The highest BCUT2D eigenvalue weighted by Gasteiger charge is 2.41. The highest BCUT2D eigenvalue weighted by atomic mass is 35.5. The Hall–Kier alpha value is -2.93. The average Bonchev–Trinajstić information content (AvgIpc) is 3.32. The molecule has 3 aromatic heterocycles. The standard InChI is InChI=1S/C26H23Cl2N5S/c1-16-13-19(17(2)33(16)22-10-5-8-20(27)23(22)28)25-24(21-9-3-4-12-30-21)31-26(34)32(25)15-18-7-6-11-29-14-18/h3-14,24-25H,15H2,1-2H3,(H,31,34)/t24-,25-/m0/s1. The summed E-state index contributed by atoms with van der Waals surface area (Å²) in [4.78, 5) is 11.2. The number of benzene rings is 1. The van der Waals surface area contributed by atoms with Gasteiger partial charge in [0.1, 0.15) is 0 Å². The fourth-order valence-corrected chi connectivity index (χ4v) is 5.41. The molecule has 0 spiro atoms. The fourth-order valence-electron chi connectivity index (χ4n) is 4.73. The zero-order valence-corrected chi connectivity index (χ0v) is 21.1. The van der Waals surface area contributed by atoms with Gasteiger partial charge in [0.2, 0.25) is 0 Å². The van der Waals surface area contributed by atoms with Crippen molar-refractivity contribution in [2.24, 2.45) is 0 Å². The van der Waals surface area contributed by atoms with E-state index in [9.17, 15) is 0 Å². The number of nitrogens with zero attached hydrogens (tertiary/aromatic N) is 4. The first kappa shape index (κ1) is 22.8. The van der Waals surface area contributed by atoms with Crippen molar-refractivity contribution in [2.45, 2.75) is 32.5 Å². The van der Waals surface area contributed by atoms with Gasteiger partial charge in [-0.2, -0.15) is 0 Å². The zero-order valence-electron chi connectivity index (χ0n) is 18.7. The van der Waals surface area contributed by atoms with E-state index in [1.54, 1.807) is 12.3 Å². The van der Waals surface area contributed by atoms with Crippen LogP contribution in [0.1, 0.15) is 40.3 Å². The molecule has 34 heavy (non-hydrogen) atoms. The number of pyridine rings is 2. The molecular weight excluding hydrogens is 485 g/mol. The second kappa shape index (κ2) is 9.37. The van der Waals surface area contributed by atoms with Gasteiger partial charge in [-0.05, 0) is 73.6 Å². The minimum absolute atomic E-state index is 0.0690. The predicted molar refractivity (Wildman–Crippen MR) is 140 cm³/mol. The van der Waals surface area contributed by atoms with Gasteiger partial charge in [-0.25, -0.2) is 0 Å². The molecule has 1 N–H and O–H groups in total. The third-order valence-corrected chi connectivity index (χ3v) is 7.40. The van der Waals surface area contributed by atoms with Crippen LogP contribution in [-0.4, -0.2) is 24.5 Å². The Morgan fingerprint density at radius 3 is 2.62 bits per heavy atom. The Morgan fingerprint density at radius 1 is 1.03 bits per heavy atom. The van der Waals surface area contributed by atoms with Crippen LogP contribution in [0.3, 0.4) is 0 Å². The van der Waals surface area contributed by atoms with Crippen molar-refractivity contribution < 1.29 is 0 Å². The number of hydrogen-bond donors (Lipinski definition) is 1. The second-order valence-corrected chi connectivity index (χ2v) is 9.52. The van der Waals surface area contributed by atoms with E-state index in [4.69, 9.17) is 35.4 Å². The number of aryl methyl sites for hydroxylation is 1. The van der Waals surface area contributed by atoms with Gasteiger partial charge in [0.05, 0.1) is 33.5 Å². The summed E-state index contributed by atoms with van der Waals surface area (Å²) >= 11 is 18.8. The zero-order chi connectivity index (χ0) is 23.8. The topological polar surface area (TPSA) is 46.0 Å². The number of aromatic nitrogens is 3. The van der Waals surface area contributed by atoms with Crippen LogP contribution in [0.4, 0.5) is 0 Å². The van der Waals surface area contributed by atoms with Gasteiger partial charge in [-0.3, -0.25) is 9.97 Å². The molecule has 0 aliphatic carbocycles. The second-order valence-electron chi connectivity index (χ2n) is 8.35. The van der Waals surface area contributed by atoms with Gasteiger partial charge in [-0.15, -0.1) is 0 Å². The third-order valence-electron chi connectivity index (χ3n) is 6.23. The Morgan fingerprint density at radius 2 is 1.88 bits per heavy atom. The smallest absolute Gasteiger partial charge is 0.170 e. The van der Waals surface area contributed by atoms with E-state index in [0.717, 1.165) is 33.9 Å². The minimum atomic E-state index is -0.103. The molecule has 1 saturated heterocycles. The Bertz CT molecular complexity index is 1340. The van der Waals surface area contributed by atoms with Crippen LogP contribution in [0.15, 0.2) is 73.2 Å². The summed E-state index contributed by atoms with van der Waals surface area (Å²) in [5.74, 6) is 0. The molecule has 1 aromatic carbocycles. The van der Waals surface area contributed by atoms with Crippen molar-refractivity contribution in [3.05, 3.63) is 111 Å². The molecular formula is C26H23Cl2N5S. The van der Waals surface area contributed by atoms with Gasteiger partial charge in [0.25, 0.3) is 0 Å². The van der Waals surface area contributed by atoms with Gasteiger partial charge < -0.3 is 14.8 Å². The first-order valence-corrected chi connectivity index (χ1v) is 12.1. The summed E-state index contributed by atoms with van der Waals surface area (Å²) in [6, 6.07) is 17.7. The largest absolute Gasteiger partial charge is 0.352 e. The highest BCUT2D eigenvalue weighted by Crippen LogP contribution is 2.43. The molecule has 5 nitrogen and oxygen atoms in total. The fraction of sp³-hybridized carbons (Fsp3) is 0.192. The van der Waals surface area contributed by atoms with Crippen molar-refractivity contribution in [3.63, 3.8) is 0 Å². The van der Waals surface area contributed by atoms with Gasteiger partial charge in [0.15, 0.2) is 5.11 Å². The summed E-state index contributed by atoms with van der Waals surface area (Å²) in [5.41, 5.74) is 6.18. The Kier molecular flexibility index (Phi) is 6.30. The van der Waals surface area contributed by atoms with E-state index >= 15 is 0 Å². The summed E-state index contributed by atoms with van der Waals surface area (Å²) < 4.78 is 2.16. The summed E-state index contributed by atoms with van der Waals surface area (Å²) in [6.45, 7) is 4.82. The molecule has 172 valence electrons. The Labute approximate surface area is 214 Å². The van der Waals surface area contributed by atoms with E-state index in [1.165, 1.54) is 0 Å². The third kappa shape index (κ3) is 4.06. The van der Waals surface area contributed by atoms with Crippen LogP contribution in [0.5, 0.6) is 0 Å². The first-order valence-electron chi connectivity index (χ1n) is 11.0. The number of nitrogens with one attached hydrogen (secondary N) is 1. The van der Waals surface area contributed by atoms with E-state index in [1.807, 2.05) is 48.8 Å². The molecule has 8 heteroatoms. The number of hydrogen-bond acceptors (Lipinski definition) is 3. The molecule has 1 aliphatic rings. The molecule has 1 fully saturated rings. The first-order chi connectivity index (χ1) is 16.5. The molecule has 0 bridgehead atoms.